The molecular weight excluding hydrogens is 250 g/mol. The Balaban J connectivity index is 2.86. The van der Waals surface area contributed by atoms with Crippen LogP contribution >= 0.6 is 0 Å². The minimum Gasteiger partial charge on any atom is -0.480 e. The number of nitrogens with two attached hydrogens (primary N) is 1. The van der Waals surface area contributed by atoms with Crippen LogP contribution in [0.15, 0.2) is 0 Å². The van der Waals surface area contributed by atoms with Crippen molar-refractivity contribution in [3.8, 4) is 0 Å². The number of hydrogen-bond donors (Lipinski definition) is 3. The summed E-state index contributed by atoms with van der Waals surface area (Å²) in [7, 11) is 0. The van der Waals surface area contributed by atoms with Crippen LogP contribution in [0.5, 0.6) is 0 Å². The Morgan fingerprint density at radius 1 is 1.47 bits per heavy atom. The number of aliphatic carboxylic acids is 1. The van der Waals surface area contributed by atoms with Crippen LogP contribution in [0.4, 0.5) is 4.79 Å². The Morgan fingerprint density at radius 3 is 2.58 bits per heavy atom. The second-order valence-electron chi connectivity index (χ2n) is 4.90. The van der Waals surface area contributed by atoms with Crippen LogP contribution in [0.3, 0.4) is 0 Å². The third-order valence-corrected chi connectivity index (χ3v) is 3.60. The summed E-state index contributed by atoms with van der Waals surface area (Å²) in [5.74, 6) is -1.47. The highest BCUT2D eigenvalue weighted by molar-refractivity contribution is 5.90. The lowest BCUT2D eigenvalue weighted by Gasteiger charge is -2.29. The fourth-order valence-corrected chi connectivity index (χ4v) is 2.30. The van der Waals surface area contributed by atoms with E-state index in [1.807, 2.05) is 13.8 Å². The number of carbonyl (C=O) groups excluding carboxylic acids is 2. The third-order valence-electron chi connectivity index (χ3n) is 3.60. The maximum atomic E-state index is 12.4. The molecule has 1 rings (SSSR count). The Kier molecular flexibility index (Phi) is 5.14. The van der Waals surface area contributed by atoms with E-state index in [-0.39, 0.29) is 11.8 Å². The summed E-state index contributed by atoms with van der Waals surface area (Å²) in [6.45, 7) is 4.12. The van der Waals surface area contributed by atoms with Gasteiger partial charge < -0.3 is 21.1 Å². The van der Waals surface area contributed by atoms with Gasteiger partial charge in [-0.1, -0.05) is 20.3 Å². The molecular formula is C12H21N3O4. The third kappa shape index (κ3) is 3.59. The van der Waals surface area contributed by atoms with Gasteiger partial charge in [-0.2, -0.15) is 0 Å². The van der Waals surface area contributed by atoms with E-state index >= 15 is 0 Å². The zero-order valence-corrected chi connectivity index (χ0v) is 11.3. The normalized spacial score (nSPS) is 21.8. The highest BCUT2D eigenvalue weighted by Crippen LogP contribution is 2.21. The van der Waals surface area contributed by atoms with E-state index < -0.39 is 24.1 Å². The number of nitrogens with one attached hydrogen (secondary N) is 1. The van der Waals surface area contributed by atoms with Crippen LogP contribution in [0.25, 0.3) is 0 Å². The molecule has 0 aliphatic carbocycles. The maximum absolute atomic E-state index is 12.4. The van der Waals surface area contributed by atoms with Gasteiger partial charge in [-0.05, 0) is 18.8 Å². The molecule has 0 saturated carbocycles. The molecule has 0 spiro atoms. The van der Waals surface area contributed by atoms with Crippen LogP contribution in [-0.2, 0) is 9.59 Å². The van der Waals surface area contributed by atoms with E-state index in [4.69, 9.17) is 10.8 Å². The first kappa shape index (κ1) is 15.3. The number of nitrogens with zero attached hydrogens (tertiary/aromatic N) is 1. The van der Waals surface area contributed by atoms with Crippen molar-refractivity contribution in [3.63, 3.8) is 0 Å². The summed E-state index contributed by atoms with van der Waals surface area (Å²) >= 11 is 0. The van der Waals surface area contributed by atoms with Crippen LogP contribution < -0.4 is 11.1 Å². The number of carbonyl (C=O) groups is 3. The minimum atomic E-state index is -1.01. The molecule has 0 aromatic heterocycles. The molecule has 3 atom stereocenters. The van der Waals surface area contributed by atoms with Gasteiger partial charge in [0.05, 0.1) is 0 Å². The fraction of sp³-hybridized carbons (Fsp3) is 0.750. The highest BCUT2D eigenvalue weighted by Gasteiger charge is 2.38. The van der Waals surface area contributed by atoms with Crippen LogP contribution in [0.2, 0.25) is 0 Å². The molecule has 2 unspecified atom stereocenters. The molecule has 0 aromatic carbocycles. The molecule has 1 aliphatic heterocycles. The molecule has 3 amide bonds. The van der Waals surface area contributed by atoms with Crippen molar-refractivity contribution < 1.29 is 19.5 Å². The van der Waals surface area contributed by atoms with Gasteiger partial charge in [0.25, 0.3) is 0 Å². The number of hydrogen-bond acceptors (Lipinski definition) is 3. The Morgan fingerprint density at radius 2 is 2.11 bits per heavy atom. The second kappa shape index (κ2) is 6.40. The topological polar surface area (TPSA) is 113 Å². The average molecular weight is 271 g/mol. The molecule has 0 radical (unpaired) electrons. The van der Waals surface area contributed by atoms with Gasteiger partial charge in [0.2, 0.25) is 5.91 Å². The molecule has 1 heterocycles. The zero-order valence-electron chi connectivity index (χ0n) is 11.3. The van der Waals surface area contributed by atoms with Gasteiger partial charge in [0, 0.05) is 6.54 Å². The Hall–Kier alpha value is -1.79. The lowest BCUT2D eigenvalue weighted by molar-refractivity contribution is -0.149. The molecule has 1 saturated heterocycles. The largest absolute Gasteiger partial charge is 0.480 e. The van der Waals surface area contributed by atoms with Crippen molar-refractivity contribution in [2.24, 2.45) is 11.7 Å². The van der Waals surface area contributed by atoms with Crippen molar-refractivity contribution in [3.05, 3.63) is 0 Å². The van der Waals surface area contributed by atoms with Crippen LogP contribution in [-0.4, -0.2) is 46.5 Å². The van der Waals surface area contributed by atoms with Gasteiger partial charge in [0.15, 0.2) is 0 Å². The van der Waals surface area contributed by atoms with Gasteiger partial charge in [0.1, 0.15) is 12.1 Å². The first-order valence-corrected chi connectivity index (χ1v) is 6.47. The standard InChI is InChI=1S/C12H21N3O4/c1-3-7(2)9(14-12(13)19)10(16)15-6-4-5-8(15)11(17)18/h7-9H,3-6H2,1-2H3,(H,17,18)(H3,13,14,19)/t7?,8-,9?/m0/s1. The second-order valence-corrected chi connectivity index (χ2v) is 4.90. The highest BCUT2D eigenvalue weighted by atomic mass is 16.4. The lowest BCUT2D eigenvalue weighted by atomic mass is 9.97. The smallest absolute Gasteiger partial charge is 0.326 e. The number of carboxylic acids is 1. The van der Waals surface area contributed by atoms with Gasteiger partial charge in [-0.3, -0.25) is 4.79 Å². The molecule has 0 bridgehead atoms. The summed E-state index contributed by atoms with van der Waals surface area (Å²) in [6, 6.07) is -2.33. The van der Waals surface area contributed by atoms with Crippen molar-refractivity contribution in [2.45, 2.75) is 45.2 Å². The Bertz CT molecular complexity index is 372. The summed E-state index contributed by atoms with van der Waals surface area (Å²) in [5.41, 5.74) is 5.08. The van der Waals surface area contributed by atoms with Gasteiger partial charge in [-0.15, -0.1) is 0 Å². The number of likely N-dealkylation sites (tertiary alicyclic amines) is 1. The van der Waals surface area contributed by atoms with E-state index in [2.05, 4.69) is 5.32 Å². The summed E-state index contributed by atoms with van der Waals surface area (Å²) < 4.78 is 0. The molecule has 0 aromatic rings. The molecule has 4 N–H and O–H groups in total. The molecule has 1 aliphatic rings. The van der Waals surface area contributed by atoms with Crippen molar-refractivity contribution in [2.75, 3.05) is 6.54 Å². The number of amides is 3. The lowest BCUT2D eigenvalue weighted by Crippen LogP contribution is -2.55. The van der Waals surface area contributed by atoms with E-state index in [1.54, 1.807) is 0 Å². The average Bonchev–Trinajstić information content (AvgIpc) is 2.83. The first-order chi connectivity index (χ1) is 8.88. The van der Waals surface area contributed by atoms with Crippen LogP contribution in [0.1, 0.15) is 33.1 Å². The number of carboxylic acid groups (broad SMARTS) is 1. The summed E-state index contributed by atoms with van der Waals surface area (Å²) in [5, 5.41) is 11.5. The number of urea groups is 1. The summed E-state index contributed by atoms with van der Waals surface area (Å²) in [4.78, 5) is 35.8. The molecule has 7 heteroatoms. The monoisotopic (exact) mass is 271 g/mol. The van der Waals surface area contributed by atoms with E-state index in [0.29, 0.717) is 25.8 Å². The summed E-state index contributed by atoms with van der Waals surface area (Å²) in [6.07, 6.45) is 1.79. The van der Waals surface area contributed by atoms with E-state index in [1.165, 1.54) is 4.90 Å². The number of primary amides is 1. The molecule has 1 fully saturated rings. The predicted molar refractivity (Wildman–Crippen MR) is 68.3 cm³/mol. The van der Waals surface area contributed by atoms with Gasteiger partial charge >= 0.3 is 12.0 Å². The van der Waals surface area contributed by atoms with E-state index in [9.17, 15) is 14.4 Å². The van der Waals surface area contributed by atoms with Crippen molar-refractivity contribution in [1.82, 2.24) is 10.2 Å². The maximum Gasteiger partial charge on any atom is 0.326 e. The first-order valence-electron chi connectivity index (χ1n) is 6.47. The van der Waals surface area contributed by atoms with Gasteiger partial charge in [-0.25, -0.2) is 9.59 Å². The quantitative estimate of drug-likeness (QED) is 0.660. The fourth-order valence-electron chi connectivity index (χ4n) is 2.30. The minimum absolute atomic E-state index is 0.102. The van der Waals surface area contributed by atoms with E-state index in [0.717, 1.165) is 0 Å². The predicted octanol–water partition coefficient (Wildman–Crippen LogP) is 0.145. The molecule has 19 heavy (non-hydrogen) atoms. The molecule has 108 valence electrons. The molecule has 7 nitrogen and oxygen atoms in total. The SMILES string of the molecule is CCC(C)C(NC(N)=O)C(=O)N1CCC[C@H]1C(=O)O. The van der Waals surface area contributed by atoms with Crippen molar-refractivity contribution >= 4 is 17.9 Å². The Labute approximate surface area is 112 Å². The zero-order chi connectivity index (χ0) is 14.6. The van der Waals surface area contributed by atoms with Crippen LogP contribution in [0, 0.1) is 5.92 Å². The van der Waals surface area contributed by atoms with Crippen molar-refractivity contribution in [1.29, 1.82) is 0 Å². The number of rotatable bonds is 5.